The van der Waals surface area contributed by atoms with Gasteiger partial charge < -0.3 is 9.84 Å². The summed E-state index contributed by atoms with van der Waals surface area (Å²) >= 11 is 0. The number of esters is 1. The molecule has 16 heavy (non-hydrogen) atoms. The summed E-state index contributed by atoms with van der Waals surface area (Å²) in [7, 11) is 1.30. The highest BCUT2D eigenvalue weighted by molar-refractivity contribution is 5.77. The fourth-order valence-electron chi connectivity index (χ4n) is 2.15. The van der Waals surface area contributed by atoms with Crippen LogP contribution >= 0.6 is 0 Å². The lowest BCUT2D eigenvalue weighted by Crippen LogP contribution is -2.35. The van der Waals surface area contributed by atoms with Crippen LogP contribution in [0.2, 0.25) is 0 Å². The van der Waals surface area contributed by atoms with Crippen molar-refractivity contribution in [1.82, 2.24) is 0 Å². The highest BCUT2D eigenvalue weighted by Gasteiger charge is 2.53. The third-order valence-corrected chi connectivity index (χ3v) is 3.33. The molecule has 1 aliphatic rings. The van der Waals surface area contributed by atoms with Gasteiger partial charge in [0.15, 0.2) is 6.10 Å². The zero-order chi connectivity index (χ0) is 11.8. The molecule has 0 aromatic heterocycles. The van der Waals surface area contributed by atoms with Gasteiger partial charge in [0.25, 0.3) is 0 Å². The van der Waals surface area contributed by atoms with Crippen molar-refractivity contribution in [1.29, 1.82) is 0 Å². The minimum Gasteiger partial charge on any atom is -0.467 e. The second-order valence-corrected chi connectivity index (χ2v) is 4.45. The fraction of sp³-hybridized carbons (Fsp3) is 0.462. The average molecular weight is 220 g/mol. The van der Waals surface area contributed by atoms with Gasteiger partial charge >= 0.3 is 5.97 Å². The van der Waals surface area contributed by atoms with E-state index in [4.69, 9.17) is 0 Å². The van der Waals surface area contributed by atoms with Crippen LogP contribution < -0.4 is 0 Å². The Bertz CT molecular complexity index is 407. The summed E-state index contributed by atoms with van der Waals surface area (Å²) in [5.41, 5.74) is 1.77. The first-order valence-corrected chi connectivity index (χ1v) is 5.43. The summed E-state index contributed by atoms with van der Waals surface area (Å²) in [6.45, 7) is 2.00. The Morgan fingerprint density at radius 2 is 2.19 bits per heavy atom. The molecule has 1 atom stereocenters. The summed E-state index contributed by atoms with van der Waals surface area (Å²) in [5.74, 6) is -0.543. The molecule has 86 valence electrons. The summed E-state index contributed by atoms with van der Waals surface area (Å²) < 4.78 is 4.60. The van der Waals surface area contributed by atoms with Crippen LogP contribution in [0.3, 0.4) is 0 Å². The lowest BCUT2D eigenvalue weighted by Gasteiger charge is -2.20. The molecule has 0 saturated heterocycles. The first-order valence-electron chi connectivity index (χ1n) is 5.43. The Morgan fingerprint density at radius 1 is 1.50 bits per heavy atom. The van der Waals surface area contributed by atoms with Crippen LogP contribution in [0, 0.1) is 6.92 Å². The number of aliphatic hydroxyl groups excluding tert-OH is 1. The summed E-state index contributed by atoms with van der Waals surface area (Å²) in [6, 6.07) is 7.95. The Morgan fingerprint density at radius 3 is 2.69 bits per heavy atom. The molecule has 1 aliphatic carbocycles. The predicted octanol–water partition coefficient (Wildman–Crippen LogP) is 1.56. The Kier molecular flexibility index (Phi) is 2.72. The largest absolute Gasteiger partial charge is 0.467 e. The predicted molar refractivity (Wildman–Crippen MR) is 60.1 cm³/mol. The summed E-state index contributed by atoms with van der Waals surface area (Å²) in [6.07, 6.45) is 0.638. The van der Waals surface area contributed by atoms with Gasteiger partial charge in [0.1, 0.15) is 0 Å². The van der Waals surface area contributed by atoms with E-state index in [-0.39, 0.29) is 0 Å². The molecule has 1 fully saturated rings. The van der Waals surface area contributed by atoms with E-state index in [9.17, 15) is 9.90 Å². The fourth-order valence-corrected chi connectivity index (χ4v) is 2.15. The summed E-state index contributed by atoms with van der Waals surface area (Å²) in [4.78, 5) is 11.4. The van der Waals surface area contributed by atoms with Crippen molar-refractivity contribution in [3.8, 4) is 0 Å². The SMILES string of the molecule is COC(=O)C(O)C1(c2cccc(C)c2)CC1. The maximum absolute atomic E-state index is 11.4. The van der Waals surface area contributed by atoms with Gasteiger partial charge in [-0.3, -0.25) is 0 Å². The summed E-state index contributed by atoms with van der Waals surface area (Å²) in [5, 5.41) is 9.98. The van der Waals surface area contributed by atoms with E-state index >= 15 is 0 Å². The average Bonchev–Trinajstić information content (AvgIpc) is 3.08. The smallest absolute Gasteiger partial charge is 0.335 e. The third kappa shape index (κ3) is 1.71. The monoisotopic (exact) mass is 220 g/mol. The van der Waals surface area contributed by atoms with Crippen molar-refractivity contribution in [3.63, 3.8) is 0 Å². The van der Waals surface area contributed by atoms with Crippen molar-refractivity contribution in [2.45, 2.75) is 31.3 Å². The highest BCUT2D eigenvalue weighted by atomic mass is 16.5. The van der Waals surface area contributed by atoms with Crippen molar-refractivity contribution in [2.75, 3.05) is 7.11 Å². The van der Waals surface area contributed by atoms with Crippen LogP contribution in [0.15, 0.2) is 24.3 Å². The maximum atomic E-state index is 11.4. The van der Waals surface area contributed by atoms with E-state index in [0.717, 1.165) is 24.0 Å². The number of carbonyl (C=O) groups is 1. The van der Waals surface area contributed by atoms with E-state index in [1.165, 1.54) is 7.11 Å². The van der Waals surface area contributed by atoms with Crippen molar-refractivity contribution in [2.24, 2.45) is 0 Å². The van der Waals surface area contributed by atoms with Gasteiger partial charge in [-0.2, -0.15) is 0 Å². The number of aliphatic hydroxyl groups is 1. The molecule has 0 spiro atoms. The minimum atomic E-state index is -1.04. The van der Waals surface area contributed by atoms with Gasteiger partial charge in [-0.15, -0.1) is 0 Å². The van der Waals surface area contributed by atoms with E-state index in [2.05, 4.69) is 4.74 Å². The number of hydrogen-bond acceptors (Lipinski definition) is 3. The van der Waals surface area contributed by atoms with E-state index in [1.54, 1.807) is 0 Å². The normalized spacial score (nSPS) is 18.9. The Labute approximate surface area is 95.0 Å². The number of methoxy groups -OCH3 is 1. The number of carbonyl (C=O) groups excluding carboxylic acids is 1. The molecule has 3 nitrogen and oxygen atoms in total. The topological polar surface area (TPSA) is 46.5 Å². The molecule has 0 amide bonds. The third-order valence-electron chi connectivity index (χ3n) is 3.33. The van der Waals surface area contributed by atoms with E-state index in [0.29, 0.717) is 0 Å². The molecular weight excluding hydrogens is 204 g/mol. The van der Waals surface area contributed by atoms with Gasteiger partial charge in [0.05, 0.1) is 7.11 Å². The zero-order valence-electron chi connectivity index (χ0n) is 9.56. The molecule has 1 saturated carbocycles. The van der Waals surface area contributed by atoms with Gasteiger partial charge in [0.2, 0.25) is 0 Å². The Hall–Kier alpha value is -1.35. The van der Waals surface area contributed by atoms with Crippen molar-refractivity contribution in [3.05, 3.63) is 35.4 Å². The molecule has 0 heterocycles. The van der Waals surface area contributed by atoms with Crippen molar-refractivity contribution < 1.29 is 14.6 Å². The van der Waals surface area contributed by atoms with Crippen molar-refractivity contribution >= 4 is 5.97 Å². The van der Waals surface area contributed by atoms with Crippen LogP contribution in [-0.4, -0.2) is 24.3 Å². The van der Waals surface area contributed by atoms with Gasteiger partial charge in [-0.05, 0) is 25.3 Å². The number of hydrogen-bond donors (Lipinski definition) is 1. The molecule has 1 unspecified atom stereocenters. The van der Waals surface area contributed by atoms with Gasteiger partial charge in [-0.25, -0.2) is 4.79 Å². The van der Waals surface area contributed by atoms with Crippen LogP contribution in [-0.2, 0) is 14.9 Å². The second-order valence-electron chi connectivity index (χ2n) is 4.45. The first kappa shape index (κ1) is 11.1. The quantitative estimate of drug-likeness (QED) is 0.786. The minimum absolute atomic E-state index is 0.404. The molecule has 2 rings (SSSR count). The van der Waals surface area contributed by atoms with Gasteiger partial charge in [0, 0.05) is 5.41 Å². The number of aryl methyl sites for hydroxylation is 1. The van der Waals surface area contributed by atoms with Crippen LogP contribution in [0.25, 0.3) is 0 Å². The molecule has 1 aromatic carbocycles. The number of ether oxygens (including phenoxy) is 1. The second kappa shape index (κ2) is 3.91. The number of benzene rings is 1. The number of rotatable bonds is 3. The highest BCUT2D eigenvalue weighted by Crippen LogP contribution is 2.51. The Balaban J connectivity index is 2.29. The van der Waals surface area contributed by atoms with E-state index in [1.807, 2.05) is 31.2 Å². The molecular formula is C13H16O3. The lowest BCUT2D eigenvalue weighted by molar-refractivity contribution is -0.152. The van der Waals surface area contributed by atoms with E-state index < -0.39 is 17.5 Å². The molecule has 0 aliphatic heterocycles. The molecule has 0 radical (unpaired) electrons. The standard InChI is InChI=1S/C13H16O3/c1-9-4-3-5-10(8-9)13(6-7-13)11(14)12(15)16-2/h3-5,8,11,14H,6-7H2,1-2H3. The molecule has 3 heteroatoms. The first-order chi connectivity index (χ1) is 7.60. The lowest BCUT2D eigenvalue weighted by atomic mass is 9.89. The van der Waals surface area contributed by atoms with Crippen LogP contribution in [0.4, 0.5) is 0 Å². The van der Waals surface area contributed by atoms with Crippen LogP contribution in [0.5, 0.6) is 0 Å². The molecule has 0 bridgehead atoms. The molecule has 1 N–H and O–H groups in total. The zero-order valence-corrected chi connectivity index (χ0v) is 9.56. The molecule has 1 aromatic rings. The van der Waals surface area contributed by atoms with Crippen LogP contribution in [0.1, 0.15) is 24.0 Å². The van der Waals surface area contributed by atoms with Gasteiger partial charge in [-0.1, -0.05) is 29.8 Å². The maximum Gasteiger partial charge on any atom is 0.335 e.